The van der Waals surface area contributed by atoms with Crippen LogP contribution in [0.2, 0.25) is 0 Å². The molecule has 1 N–H and O–H groups in total. The number of nitrogens with one attached hydrogen (secondary N) is 1. The van der Waals surface area contributed by atoms with Crippen molar-refractivity contribution in [3.63, 3.8) is 0 Å². The van der Waals surface area contributed by atoms with Crippen LogP contribution in [0.3, 0.4) is 0 Å². The van der Waals surface area contributed by atoms with Gasteiger partial charge in [-0.1, -0.05) is 18.2 Å². The van der Waals surface area contributed by atoms with Gasteiger partial charge in [0, 0.05) is 37.6 Å². The molecule has 0 spiro atoms. The molecule has 1 aromatic heterocycles. The summed E-state index contributed by atoms with van der Waals surface area (Å²) in [4.78, 5) is 4.14. The van der Waals surface area contributed by atoms with E-state index in [1.807, 2.05) is 24.3 Å². The summed E-state index contributed by atoms with van der Waals surface area (Å²) in [5.41, 5.74) is 0.856. The lowest BCUT2D eigenvalue weighted by Crippen LogP contribution is -2.48. The number of benzene rings is 1. The first-order valence-corrected chi connectivity index (χ1v) is 8.84. The standard InChI is InChI=1S/C16H19N3O3S/c1-22-16-7-3-2-6-14(16)15-12-18-9-10-19(15)23(20,21)13-5-4-8-17-11-13/h2-8,11,15,18H,9-10,12H2,1H3/t15-/m1/s1. The van der Waals surface area contributed by atoms with Crippen molar-refractivity contribution >= 4 is 10.0 Å². The van der Waals surface area contributed by atoms with Crippen molar-refractivity contribution in [2.24, 2.45) is 0 Å². The molecule has 122 valence electrons. The second-order valence-electron chi connectivity index (χ2n) is 5.27. The third-order valence-corrected chi connectivity index (χ3v) is 5.82. The van der Waals surface area contributed by atoms with E-state index in [0.29, 0.717) is 25.4 Å². The number of piperazine rings is 1. The molecule has 6 nitrogen and oxygen atoms in total. The summed E-state index contributed by atoms with van der Waals surface area (Å²) in [7, 11) is -2.02. The third kappa shape index (κ3) is 3.08. The minimum absolute atomic E-state index is 0.210. The molecule has 0 saturated carbocycles. The zero-order valence-corrected chi connectivity index (χ0v) is 13.7. The Labute approximate surface area is 136 Å². The molecule has 0 bridgehead atoms. The number of sulfonamides is 1. The van der Waals surface area contributed by atoms with Crippen LogP contribution in [-0.4, -0.2) is 44.5 Å². The summed E-state index contributed by atoms with van der Waals surface area (Å²) in [6.45, 7) is 1.56. The van der Waals surface area contributed by atoms with Crippen LogP contribution in [0.4, 0.5) is 0 Å². The van der Waals surface area contributed by atoms with Crippen molar-refractivity contribution in [3.05, 3.63) is 54.4 Å². The first-order valence-electron chi connectivity index (χ1n) is 7.40. The number of para-hydroxylation sites is 1. The lowest BCUT2D eigenvalue weighted by atomic mass is 10.0. The lowest BCUT2D eigenvalue weighted by molar-refractivity contribution is 0.264. The van der Waals surface area contributed by atoms with E-state index in [2.05, 4.69) is 10.3 Å². The monoisotopic (exact) mass is 333 g/mol. The molecule has 1 saturated heterocycles. The van der Waals surface area contributed by atoms with Crippen molar-refractivity contribution in [1.82, 2.24) is 14.6 Å². The van der Waals surface area contributed by atoms with Gasteiger partial charge in [0.25, 0.3) is 0 Å². The summed E-state index contributed by atoms with van der Waals surface area (Å²) >= 11 is 0. The minimum Gasteiger partial charge on any atom is -0.496 e. The fourth-order valence-corrected chi connectivity index (χ4v) is 4.39. The molecule has 1 aromatic carbocycles. The van der Waals surface area contributed by atoms with Crippen LogP contribution in [0.1, 0.15) is 11.6 Å². The highest BCUT2D eigenvalue weighted by molar-refractivity contribution is 7.89. The maximum Gasteiger partial charge on any atom is 0.245 e. The van der Waals surface area contributed by atoms with E-state index in [1.165, 1.54) is 10.5 Å². The molecule has 0 radical (unpaired) electrons. The normalized spacial score (nSPS) is 19.4. The Morgan fingerprint density at radius 2 is 2.09 bits per heavy atom. The van der Waals surface area contributed by atoms with Gasteiger partial charge in [0.15, 0.2) is 0 Å². The van der Waals surface area contributed by atoms with Crippen LogP contribution in [0.5, 0.6) is 5.75 Å². The molecule has 0 unspecified atom stereocenters. The molecule has 2 aromatic rings. The highest BCUT2D eigenvalue weighted by Gasteiger charge is 2.35. The fraction of sp³-hybridized carbons (Fsp3) is 0.312. The number of rotatable bonds is 4. The first-order chi connectivity index (χ1) is 11.1. The molecule has 1 aliphatic heterocycles. The summed E-state index contributed by atoms with van der Waals surface area (Å²) in [6, 6.07) is 10.4. The molecule has 1 aliphatic rings. The van der Waals surface area contributed by atoms with Crippen LogP contribution >= 0.6 is 0 Å². The summed E-state index contributed by atoms with van der Waals surface area (Å²) in [6.07, 6.45) is 2.95. The zero-order chi connectivity index (χ0) is 16.3. The smallest absolute Gasteiger partial charge is 0.245 e. The zero-order valence-electron chi connectivity index (χ0n) is 12.8. The van der Waals surface area contributed by atoms with E-state index in [-0.39, 0.29) is 10.9 Å². The number of ether oxygens (including phenoxy) is 1. The number of hydrogen-bond donors (Lipinski definition) is 1. The second-order valence-corrected chi connectivity index (χ2v) is 7.16. The van der Waals surface area contributed by atoms with Crippen molar-refractivity contribution in [2.45, 2.75) is 10.9 Å². The van der Waals surface area contributed by atoms with E-state index >= 15 is 0 Å². The maximum atomic E-state index is 13.0. The average Bonchev–Trinajstić information content (AvgIpc) is 2.62. The molecule has 2 heterocycles. The van der Waals surface area contributed by atoms with E-state index in [9.17, 15) is 8.42 Å². The van der Waals surface area contributed by atoms with Gasteiger partial charge in [0.1, 0.15) is 10.6 Å². The van der Waals surface area contributed by atoms with Gasteiger partial charge in [-0.2, -0.15) is 4.31 Å². The van der Waals surface area contributed by atoms with Crippen molar-refractivity contribution in [1.29, 1.82) is 0 Å². The summed E-state index contributed by atoms with van der Waals surface area (Å²) < 4.78 is 32.9. The van der Waals surface area contributed by atoms with Crippen molar-refractivity contribution < 1.29 is 13.2 Å². The molecular weight excluding hydrogens is 314 g/mol. The number of aromatic nitrogens is 1. The average molecular weight is 333 g/mol. The summed E-state index contributed by atoms with van der Waals surface area (Å²) in [5, 5.41) is 3.26. The van der Waals surface area contributed by atoms with Crippen LogP contribution < -0.4 is 10.1 Å². The van der Waals surface area contributed by atoms with Gasteiger partial charge < -0.3 is 10.1 Å². The highest BCUT2D eigenvalue weighted by atomic mass is 32.2. The Kier molecular flexibility index (Phi) is 4.61. The molecule has 1 fully saturated rings. The Morgan fingerprint density at radius 1 is 1.26 bits per heavy atom. The van der Waals surface area contributed by atoms with Crippen LogP contribution in [0.15, 0.2) is 53.7 Å². The van der Waals surface area contributed by atoms with Crippen LogP contribution in [0, 0.1) is 0 Å². The van der Waals surface area contributed by atoms with Gasteiger partial charge in [-0.25, -0.2) is 8.42 Å². The fourth-order valence-electron chi connectivity index (χ4n) is 2.82. The van der Waals surface area contributed by atoms with E-state index < -0.39 is 10.0 Å². The van der Waals surface area contributed by atoms with Gasteiger partial charge in [-0.15, -0.1) is 0 Å². The molecule has 0 aliphatic carbocycles. The quantitative estimate of drug-likeness (QED) is 0.916. The molecule has 7 heteroatoms. The second kappa shape index (κ2) is 6.66. The lowest BCUT2D eigenvalue weighted by Gasteiger charge is -2.35. The highest BCUT2D eigenvalue weighted by Crippen LogP contribution is 2.33. The first kappa shape index (κ1) is 15.9. The SMILES string of the molecule is COc1ccccc1[C@H]1CNCCN1S(=O)(=O)c1cccnc1. The number of nitrogens with zero attached hydrogens (tertiary/aromatic N) is 2. The molecule has 23 heavy (non-hydrogen) atoms. The Morgan fingerprint density at radius 3 is 2.83 bits per heavy atom. The van der Waals surface area contributed by atoms with Gasteiger partial charge in [-0.3, -0.25) is 4.98 Å². The topological polar surface area (TPSA) is 71.5 Å². The predicted octanol–water partition coefficient (Wildman–Crippen LogP) is 1.43. The van der Waals surface area contributed by atoms with Crippen LogP contribution in [-0.2, 0) is 10.0 Å². The van der Waals surface area contributed by atoms with E-state index in [1.54, 1.807) is 25.4 Å². The van der Waals surface area contributed by atoms with Crippen molar-refractivity contribution in [3.8, 4) is 5.75 Å². The van der Waals surface area contributed by atoms with E-state index in [4.69, 9.17) is 4.74 Å². The Bertz CT molecular complexity index is 765. The minimum atomic E-state index is -3.61. The molecule has 1 atom stereocenters. The Balaban J connectivity index is 2.03. The van der Waals surface area contributed by atoms with Crippen molar-refractivity contribution in [2.75, 3.05) is 26.7 Å². The molecule has 0 amide bonds. The molecule has 3 rings (SSSR count). The maximum absolute atomic E-state index is 13.0. The van der Waals surface area contributed by atoms with Gasteiger partial charge >= 0.3 is 0 Å². The van der Waals surface area contributed by atoms with Crippen LogP contribution in [0.25, 0.3) is 0 Å². The number of hydrogen-bond acceptors (Lipinski definition) is 5. The molecular formula is C16H19N3O3S. The number of pyridine rings is 1. The third-order valence-electron chi connectivity index (χ3n) is 3.93. The largest absolute Gasteiger partial charge is 0.496 e. The van der Waals surface area contributed by atoms with Gasteiger partial charge in [0.05, 0.1) is 13.2 Å². The predicted molar refractivity (Wildman–Crippen MR) is 86.7 cm³/mol. The van der Waals surface area contributed by atoms with Gasteiger partial charge in [-0.05, 0) is 18.2 Å². The Hall–Kier alpha value is -1.96. The number of methoxy groups -OCH3 is 1. The summed E-state index contributed by atoms with van der Waals surface area (Å²) in [5.74, 6) is 0.688. The van der Waals surface area contributed by atoms with Gasteiger partial charge in [0.2, 0.25) is 10.0 Å². The van der Waals surface area contributed by atoms with E-state index in [0.717, 1.165) is 5.56 Å².